The Hall–Kier alpha value is -2.73. The summed E-state index contributed by atoms with van der Waals surface area (Å²) in [4.78, 5) is 29.4. The zero-order valence-electron chi connectivity index (χ0n) is 18.5. The van der Waals surface area contributed by atoms with E-state index in [1.54, 1.807) is 30.3 Å². The highest BCUT2D eigenvalue weighted by Gasteiger charge is 2.25. The molecule has 34 heavy (non-hydrogen) atoms. The molecule has 0 aliphatic carbocycles. The first-order valence-corrected chi connectivity index (χ1v) is 12.4. The van der Waals surface area contributed by atoms with Crippen LogP contribution in [0.1, 0.15) is 32.6 Å². The van der Waals surface area contributed by atoms with E-state index in [-0.39, 0.29) is 11.6 Å². The number of ether oxygens (including phenoxy) is 3. The van der Waals surface area contributed by atoms with Gasteiger partial charge < -0.3 is 14.2 Å². The molecule has 3 aromatic rings. The Kier molecular flexibility index (Phi) is 7.36. The molecule has 1 heterocycles. The first kappa shape index (κ1) is 24.4. The molecule has 0 saturated heterocycles. The highest BCUT2D eigenvalue weighted by atomic mass is 127. The van der Waals surface area contributed by atoms with Gasteiger partial charge in [-0.25, -0.2) is 14.6 Å². The smallest absolute Gasteiger partial charge is 0.363 e. The molecule has 1 aliphatic rings. The third-order valence-corrected chi connectivity index (χ3v) is 7.07. The van der Waals surface area contributed by atoms with E-state index in [0.717, 1.165) is 20.3 Å². The minimum Gasteiger partial charge on any atom is -0.493 e. The lowest BCUT2D eigenvalue weighted by atomic mass is 10.1. The monoisotopic (exact) mass is 679 g/mol. The molecule has 3 aromatic carbocycles. The molecule has 0 saturated carbocycles. The van der Waals surface area contributed by atoms with Gasteiger partial charge in [-0.05, 0) is 119 Å². The molecule has 6 nitrogen and oxygen atoms in total. The molecular formula is C26H19I2NO5. The van der Waals surface area contributed by atoms with Crippen LogP contribution in [0.5, 0.6) is 11.5 Å². The largest absolute Gasteiger partial charge is 0.493 e. The Labute approximate surface area is 224 Å². The summed E-state index contributed by atoms with van der Waals surface area (Å²) in [7, 11) is 1.49. The topological polar surface area (TPSA) is 74.2 Å². The molecule has 4 rings (SSSR count). The molecule has 1 aliphatic heterocycles. The Balaban J connectivity index is 1.62. The quantitative estimate of drug-likeness (QED) is 0.142. The van der Waals surface area contributed by atoms with Crippen LogP contribution in [0.3, 0.4) is 0 Å². The summed E-state index contributed by atoms with van der Waals surface area (Å²) < 4.78 is 18.2. The predicted molar refractivity (Wildman–Crippen MR) is 146 cm³/mol. The fourth-order valence-electron chi connectivity index (χ4n) is 3.23. The van der Waals surface area contributed by atoms with Gasteiger partial charge in [-0.3, -0.25) is 0 Å². The summed E-state index contributed by atoms with van der Waals surface area (Å²) in [5, 5.41) is 0. The normalized spacial score (nSPS) is 14.1. The highest BCUT2D eigenvalue weighted by molar-refractivity contribution is 14.1. The van der Waals surface area contributed by atoms with Crippen LogP contribution < -0.4 is 9.47 Å². The van der Waals surface area contributed by atoms with E-state index in [4.69, 9.17) is 14.2 Å². The van der Waals surface area contributed by atoms with E-state index in [1.807, 2.05) is 44.2 Å². The van der Waals surface area contributed by atoms with Gasteiger partial charge in [-0.1, -0.05) is 17.7 Å². The number of hydrogen-bond donors (Lipinski definition) is 0. The number of methoxy groups -OCH3 is 1. The van der Waals surface area contributed by atoms with Crippen molar-refractivity contribution in [3.8, 4) is 11.5 Å². The molecule has 0 atom stereocenters. The van der Waals surface area contributed by atoms with Gasteiger partial charge in [0.2, 0.25) is 5.90 Å². The molecule has 0 spiro atoms. The Morgan fingerprint density at radius 2 is 1.74 bits per heavy atom. The van der Waals surface area contributed by atoms with Crippen LogP contribution in [0.4, 0.5) is 0 Å². The average molecular weight is 679 g/mol. The predicted octanol–water partition coefficient (Wildman–Crippen LogP) is 6.08. The van der Waals surface area contributed by atoms with E-state index < -0.39 is 11.9 Å². The van der Waals surface area contributed by atoms with Crippen molar-refractivity contribution in [3.63, 3.8) is 0 Å². The maximum Gasteiger partial charge on any atom is 0.363 e. The second-order valence-electron chi connectivity index (χ2n) is 7.59. The maximum atomic E-state index is 12.6. The molecule has 0 amide bonds. The number of halogens is 2. The lowest BCUT2D eigenvalue weighted by Crippen LogP contribution is -2.10. The Morgan fingerprint density at radius 1 is 1.00 bits per heavy atom. The number of carbonyl (C=O) groups is 2. The minimum atomic E-state index is -0.532. The summed E-state index contributed by atoms with van der Waals surface area (Å²) in [6, 6.07) is 16.3. The second-order valence-corrected chi connectivity index (χ2v) is 9.91. The molecular weight excluding hydrogens is 660 g/mol. The third kappa shape index (κ3) is 5.33. The molecule has 0 fully saturated rings. The Bertz CT molecular complexity index is 1360. The number of aryl methyl sites for hydroxylation is 2. The summed E-state index contributed by atoms with van der Waals surface area (Å²) >= 11 is 4.31. The van der Waals surface area contributed by atoms with Gasteiger partial charge in [-0.15, -0.1) is 0 Å². The first-order valence-electron chi connectivity index (χ1n) is 10.2. The van der Waals surface area contributed by atoms with Crippen molar-refractivity contribution in [1.82, 2.24) is 0 Å². The molecule has 0 unspecified atom stereocenters. The van der Waals surface area contributed by atoms with E-state index in [2.05, 4.69) is 50.2 Å². The van der Waals surface area contributed by atoms with Crippen molar-refractivity contribution < 1.29 is 23.8 Å². The van der Waals surface area contributed by atoms with Crippen molar-refractivity contribution in [2.24, 2.45) is 4.99 Å². The highest BCUT2D eigenvalue weighted by Crippen LogP contribution is 2.35. The van der Waals surface area contributed by atoms with Crippen LogP contribution in [-0.4, -0.2) is 24.9 Å². The van der Waals surface area contributed by atoms with Crippen molar-refractivity contribution in [1.29, 1.82) is 0 Å². The van der Waals surface area contributed by atoms with Crippen LogP contribution >= 0.6 is 45.2 Å². The summed E-state index contributed by atoms with van der Waals surface area (Å²) in [6.45, 7) is 3.93. The van der Waals surface area contributed by atoms with E-state index in [1.165, 1.54) is 7.11 Å². The summed E-state index contributed by atoms with van der Waals surface area (Å²) in [5.41, 5.74) is 4.13. The van der Waals surface area contributed by atoms with Gasteiger partial charge in [0.1, 0.15) is 0 Å². The number of rotatable bonds is 5. The van der Waals surface area contributed by atoms with Crippen LogP contribution in [-0.2, 0) is 9.53 Å². The molecule has 0 aromatic heterocycles. The Morgan fingerprint density at radius 3 is 2.41 bits per heavy atom. The maximum absolute atomic E-state index is 12.6. The zero-order valence-corrected chi connectivity index (χ0v) is 22.8. The van der Waals surface area contributed by atoms with E-state index >= 15 is 0 Å². The van der Waals surface area contributed by atoms with E-state index in [9.17, 15) is 9.59 Å². The molecule has 0 N–H and O–H groups in total. The number of benzene rings is 3. The van der Waals surface area contributed by atoms with Gasteiger partial charge in [-0.2, -0.15) is 0 Å². The van der Waals surface area contributed by atoms with Crippen LogP contribution in [0, 0.1) is 21.0 Å². The SMILES string of the molecule is COc1cc(/C=C2\N=C(c3ccc(I)c(C)c3)OC2=O)cc(I)c1OC(=O)c1ccc(C)cc1. The van der Waals surface area contributed by atoms with Crippen molar-refractivity contribution >= 4 is 69.1 Å². The number of aliphatic imine (C=N–C) groups is 1. The van der Waals surface area contributed by atoms with Gasteiger partial charge in [0.15, 0.2) is 17.2 Å². The minimum absolute atomic E-state index is 0.174. The van der Waals surface area contributed by atoms with Crippen molar-refractivity contribution in [2.45, 2.75) is 13.8 Å². The third-order valence-electron chi connectivity index (χ3n) is 5.06. The fourth-order valence-corrected chi connectivity index (χ4v) is 4.30. The zero-order chi connectivity index (χ0) is 24.4. The number of esters is 2. The molecule has 8 heteroatoms. The van der Waals surface area contributed by atoms with Gasteiger partial charge >= 0.3 is 11.9 Å². The van der Waals surface area contributed by atoms with Gasteiger partial charge in [0.05, 0.1) is 16.2 Å². The standard InChI is InChI=1S/C26H19I2NO5/c1-14-4-6-17(7-5-14)25(30)33-23-20(28)11-16(13-22(23)32-3)12-21-26(31)34-24(29-21)18-8-9-19(27)15(2)10-18/h4-13H,1-3H3/b21-12-. The summed E-state index contributed by atoms with van der Waals surface area (Å²) in [6.07, 6.45) is 1.62. The first-order chi connectivity index (χ1) is 16.2. The van der Waals surface area contributed by atoms with Crippen molar-refractivity contribution in [3.05, 3.63) is 95.3 Å². The lowest BCUT2D eigenvalue weighted by molar-refractivity contribution is -0.129. The van der Waals surface area contributed by atoms with Crippen LogP contribution in [0.25, 0.3) is 6.08 Å². The second kappa shape index (κ2) is 10.3. The summed E-state index contributed by atoms with van der Waals surface area (Å²) in [5.74, 6) is -0.0775. The molecule has 172 valence electrons. The van der Waals surface area contributed by atoms with E-state index in [0.29, 0.717) is 26.2 Å². The molecule has 0 bridgehead atoms. The van der Waals surface area contributed by atoms with Gasteiger partial charge in [0, 0.05) is 9.13 Å². The van der Waals surface area contributed by atoms with Gasteiger partial charge in [0.25, 0.3) is 0 Å². The molecule has 0 radical (unpaired) electrons. The lowest BCUT2D eigenvalue weighted by Gasteiger charge is -2.12. The van der Waals surface area contributed by atoms with Crippen LogP contribution in [0.2, 0.25) is 0 Å². The average Bonchev–Trinajstić information content (AvgIpc) is 3.17. The number of hydrogen-bond acceptors (Lipinski definition) is 6. The number of carbonyl (C=O) groups excluding carboxylic acids is 2. The van der Waals surface area contributed by atoms with Crippen LogP contribution in [0.15, 0.2) is 65.3 Å². The fraction of sp³-hybridized carbons (Fsp3) is 0.115. The number of nitrogens with zero attached hydrogens (tertiary/aromatic N) is 1. The van der Waals surface area contributed by atoms with Crippen molar-refractivity contribution in [2.75, 3.05) is 7.11 Å². The number of cyclic esters (lactones) is 1.